The quantitative estimate of drug-likeness (QED) is 0.401. The second-order valence-corrected chi connectivity index (χ2v) is 3.66. The van der Waals surface area contributed by atoms with Gasteiger partial charge in [-0.05, 0) is 18.2 Å². The molecule has 0 aliphatic rings. The number of benzene rings is 1. The van der Waals surface area contributed by atoms with Crippen molar-refractivity contribution in [1.82, 2.24) is 0 Å². The minimum atomic E-state index is -3.27. The van der Waals surface area contributed by atoms with E-state index in [1.807, 2.05) is 0 Å². The summed E-state index contributed by atoms with van der Waals surface area (Å²) in [6.45, 7) is 0. The highest BCUT2D eigenvalue weighted by molar-refractivity contribution is 6.36. The molecule has 4 nitrogen and oxygen atoms in total. The van der Waals surface area contributed by atoms with Crippen LogP contribution in [0.2, 0.25) is 10.0 Å². The molecule has 1 rings (SSSR count). The van der Waals surface area contributed by atoms with E-state index in [2.05, 4.69) is 9.99 Å². The van der Waals surface area contributed by atoms with Gasteiger partial charge in [0.1, 0.15) is 0 Å². The predicted molar refractivity (Wildman–Crippen MR) is 59.3 cm³/mol. The zero-order chi connectivity index (χ0) is 13.0. The van der Waals surface area contributed by atoms with Crippen LogP contribution in [0.5, 0.6) is 0 Å². The van der Waals surface area contributed by atoms with Crippen molar-refractivity contribution in [2.24, 2.45) is 10.9 Å². The van der Waals surface area contributed by atoms with Crippen LogP contribution >= 0.6 is 23.2 Å². The topological polar surface area (TPSA) is 64.7 Å². The van der Waals surface area contributed by atoms with Crippen LogP contribution in [0.15, 0.2) is 23.4 Å². The number of carbonyl (C=O) groups excluding carboxylic acids is 1. The standard InChI is InChI=1S/C9H6Cl2F2N2O2/c10-4-1-2-5(6(11)3-4)8(14)15-17-9(16)7(12)13/h1-3,7H,(H2,14,15). The molecular formula is C9H6Cl2F2N2O2. The smallest absolute Gasteiger partial charge is 0.380 e. The maximum Gasteiger partial charge on any atom is 0.400 e. The molecule has 0 atom stereocenters. The van der Waals surface area contributed by atoms with Gasteiger partial charge in [-0.15, -0.1) is 0 Å². The highest BCUT2D eigenvalue weighted by atomic mass is 35.5. The molecular weight excluding hydrogens is 277 g/mol. The van der Waals surface area contributed by atoms with Gasteiger partial charge in [0.05, 0.1) is 5.02 Å². The van der Waals surface area contributed by atoms with Crippen LogP contribution in [0.25, 0.3) is 0 Å². The lowest BCUT2D eigenvalue weighted by atomic mass is 10.2. The van der Waals surface area contributed by atoms with Gasteiger partial charge in [-0.25, -0.2) is 4.79 Å². The highest BCUT2D eigenvalue weighted by Crippen LogP contribution is 2.20. The summed E-state index contributed by atoms with van der Waals surface area (Å²) in [6, 6.07) is 4.27. The van der Waals surface area contributed by atoms with E-state index in [1.54, 1.807) is 0 Å². The first-order valence-electron chi connectivity index (χ1n) is 4.19. The molecule has 8 heteroatoms. The molecule has 0 saturated carbocycles. The van der Waals surface area contributed by atoms with Gasteiger partial charge in [-0.1, -0.05) is 28.4 Å². The molecule has 0 aliphatic carbocycles. The van der Waals surface area contributed by atoms with Crippen molar-refractivity contribution in [2.75, 3.05) is 0 Å². The number of carbonyl (C=O) groups is 1. The van der Waals surface area contributed by atoms with Crippen LogP contribution in [0, 0.1) is 0 Å². The van der Waals surface area contributed by atoms with E-state index in [0.29, 0.717) is 5.02 Å². The molecule has 1 aromatic rings. The molecule has 0 aromatic heterocycles. The number of halogens is 4. The molecule has 0 bridgehead atoms. The Bertz CT molecular complexity index is 466. The maximum atomic E-state index is 11.8. The Morgan fingerprint density at radius 3 is 2.59 bits per heavy atom. The fourth-order valence-corrected chi connectivity index (χ4v) is 1.39. The Morgan fingerprint density at radius 1 is 1.41 bits per heavy atom. The van der Waals surface area contributed by atoms with Crippen LogP contribution in [0.4, 0.5) is 8.78 Å². The normalized spacial score (nSPS) is 11.7. The summed E-state index contributed by atoms with van der Waals surface area (Å²) in [4.78, 5) is 14.3. The largest absolute Gasteiger partial charge is 0.400 e. The van der Waals surface area contributed by atoms with E-state index in [9.17, 15) is 13.6 Å². The summed E-state index contributed by atoms with van der Waals surface area (Å²) >= 11 is 11.4. The average Bonchev–Trinajstić information content (AvgIpc) is 2.25. The van der Waals surface area contributed by atoms with Crippen LogP contribution < -0.4 is 5.73 Å². The first kappa shape index (κ1) is 13.7. The Hall–Kier alpha value is -1.40. The van der Waals surface area contributed by atoms with E-state index in [4.69, 9.17) is 28.9 Å². The molecule has 0 saturated heterocycles. The fourth-order valence-electron chi connectivity index (χ4n) is 0.880. The van der Waals surface area contributed by atoms with Gasteiger partial charge in [0.15, 0.2) is 5.84 Å². The number of alkyl halides is 2. The minimum Gasteiger partial charge on any atom is -0.380 e. The van der Waals surface area contributed by atoms with Gasteiger partial charge >= 0.3 is 12.4 Å². The monoisotopic (exact) mass is 282 g/mol. The van der Waals surface area contributed by atoms with Gasteiger partial charge < -0.3 is 10.6 Å². The van der Waals surface area contributed by atoms with E-state index in [0.717, 1.165) is 0 Å². The summed E-state index contributed by atoms with van der Waals surface area (Å²) in [6.07, 6.45) is -3.27. The first-order valence-corrected chi connectivity index (χ1v) is 4.95. The molecule has 17 heavy (non-hydrogen) atoms. The van der Waals surface area contributed by atoms with Gasteiger partial charge in [0, 0.05) is 10.6 Å². The van der Waals surface area contributed by atoms with E-state index in [1.165, 1.54) is 18.2 Å². The first-order chi connectivity index (χ1) is 7.91. The third-order valence-electron chi connectivity index (χ3n) is 1.62. The van der Waals surface area contributed by atoms with Crippen LogP contribution in [0.3, 0.4) is 0 Å². The fraction of sp³-hybridized carbons (Fsp3) is 0.111. The second kappa shape index (κ2) is 5.79. The third kappa shape index (κ3) is 3.83. The molecule has 0 spiro atoms. The van der Waals surface area contributed by atoms with Crippen molar-refractivity contribution in [3.63, 3.8) is 0 Å². The van der Waals surface area contributed by atoms with Crippen molar-refractivity contribution in [3.05, 3.63) is 33.8 Å². The Kier molecular flexibility index (Phi) is 4.65. The zero-order valence-electron chi connectivity index (χ0n) is 8.16. The molecule has 0 amide bonds. The highest BCUT2D eigenvalue weighted by Gasteiger charge is 2.17. The number of oxime groups is 1. The summed E-state index contributed by atoms with van der Waals surface area (Å²) in [5.41, 5.74) is 5.62. The molecule has 0 radical (unpaired) electrons. The van der Waals surface area contributed by atoms with Crippen molar-refractivity contribution in [1.29, 1.82) is 0 Å². The van der Waals surface area contributed by atoms with Crippen LogP contribution in [0.1, 0.15) is 5.56 Å². The second-order valence-electron chi connectivity index (χ2n) is 2.81. The SMILES string of the molecule is N/C(=N\OC(=O)C(F)F)c1ccc(Cl)cc1Cl. The van der Waals surface area contributed by atoms with Crippen LogP contribution in [-0.4, -0.2) is 18.2 Å². The lowest BCUT2D eigenvalue weighted by molar-refractivity contribution is -0.156. The minimum absolute atomic E-state index is 0.159. The number of amidine groups is 1. The third-order valence-corrected chi connectivity index (χ3v) is 2.17. The van der Waals surface area contributed by atoms with Crippen molar-refractivity contribution in [2.45, 2.75) is 6.43 Å². The molecule has 0 unspecified atom stereocenters. The van der Waals surface area contributed by atoms with Crippen LogP contribution in [-0.2, 0) is 9.63 Å². The molecule has 0 fully saturated rings. The molecule has 0 aliphatic heterocycles. The number of nitrogens with two attached hydrogens (primary N) is 1. The van der Waals surface area contributed by atoms with E-state index >= 15 is 0 Å². The summed E-state index contributed by atoms with van der Waals surface area (Å²) in [5.74, 6) is -2.10. The van der Waals surface area contributed by atoms with Gasteiger partial charge in [-0.3, -0.25) is 0 Å². The Morgan fingerprint density at radius 2 is 2.06 bits per heavy atom. The maximum absolute atomic E-state index is 11.8. The molecule has 1 aromatic carbocycles. The van der Waals surface area contributed by atoms with Gasteiger partial charge in [-0.2, -0.15) is 8.78 Å². The summed E-state index contributed by atoms with van der Waals surface area (Å²) in [7, 11) is 0. The summed E-state index contributed by atoms with van der Waals surface area (Å²) in [5, 5.41) is 3.57. The average molecular weight is 283 g/mol. The molecule has 0 heterocycles. The van der Waals surface area contributed by atoms with E-state index in [-0.39, 0.29) is 16.4 Å². The lowest BCUT2D eigenvalue weighted by Gasteiger charge is -2.03. The van der Waals surface area contributed by atoms with Crippen molar-refractivity contribution < 1.29 is 18.4 Å². The predicted octanol–water partition coefficient (Wildman–Crippen LogP) is 2.42. The number of hydrogen-bond acceptors (Lipinski definition) is 3. The van der Waals surface area contributed by atoms with Gasteiger partial charge in [0.25, 0.3) is 0 Å². The molecule has 2 N–H and O–H groups in total. The Labute approximate surface area is 105 Å². The molecule has 92 valence electrons. The summed E-state index contributed by atoms with van der Waals surface area (Å²) < 4.78 is 23.6. The number of rotatable bonds is 3. The van der Waals surface area contributed by atoms with Crippen molar-refractivity contribution >= 4 is 35.0 Å². The van der Waals surface area contributed by atoms with Gasteiger partial charge in [0.2, 0.25) is 0 Å². The number of hydrogen-bond donors (Lipinski definition) is 1. The van der Waals surface area contributed by atoms with Crippen molar-refractivity contribution in [3.8, 4) is 0 Å². The van der Waals surface area contributed by atoms with E-state index < -0.39 is 12.4 Å². The Balaban J connectivity index is 2.85. The number of nitrogens with zero attached hydrogens (tertiary/aromatic N) is 1. The lowest BCUT2D eigenvalue weighted by Crippen LogP contribution is -2.18. The zero-order valence-corrected chi connectivity index (χ0v) is 9.67.